The van der Waals surface area contributed by atoms with Crippen LogP contribution in [0.5, 0.6) is 0 Å². The standard InChI is InChI=1S/C8H14N4O/c1-6-4-10-12(5-6)7(2)3-8(9)11-13/h4-5,7,13H,3H2,1-2H3,(H2,9,11). The molecule has 0 aliphatic carbocycles. The SMILES string of the molecule is Cc1cnn(C(C)CC(N)=NO)c1. The molecule has 13 heavy (non-hydrogen) atoms. The van der Waals surface area contributed by atoms with E-state index in [-0.39, 0.29) is 11.9 Å². The van der Waals surface area contributed by atoms with Crippen molar-refractivity contribution < 1.29 is 5.21 Å². The molecule has 1 aromatic heterocycles. The van der Waals surface area contributed by atoms with Crippen molar-refractivity contribution in [3.8, 4) is 0 Å². The number of aryl methyl sites for hydroxylation is 1. The summed E-state index contributed by atoms with van der Waals surface area (Å²) in [7, 11) is 0. The highest BCUT2D eigenvalue weighted by molar-refractivity contribution is 5.79. The number of hydrogen-bond donors (Lipinski definition) is 2. The van der Waals surface area contributed by atoms with Gasteiger partial charge in [0.05, 0.1) is 12.2 Å². The first-order valence-electron chi connectivity index (χ1n) is 4.10. The van der Waals surface area contributed by atoms with E-state index >= 15 is 0 Å². The van der Waals surface area contributed by atoms with Crippen LogP contribution in [-0.2, 0) is 0 Å². The Morgan fingerprint density at radius 2 is 2.54 bits per heavy atom. The van der Waals surface area contributed by atoms with Gasteiger partial charge in [0.25, 0.3) is 0 Å². The van der Waals surface area contributed by atoms with E-state index in [9.17, 15) is 0 Å². The van der Waals surface area contributed by atoms with Crippen LogP contribution in [-0.4, -0.2) is 20.8 Å². The van der Waals surface area contributed by atoms with E-state index < -0.39 is 0 Å². The number of amidine groups is 1. The summed E-state index contributed by atoms with van der Waals surface area (Å²) < 4.78 is 1.80. The van der Waals surface area contributed by atoms with Gasteiger partial charge >= 0.3 is 0 Å². The Bertz CT molecular complexity index is 305. The van der Waals surface area contributed by atoms with Crippen LogP contribution >= 0.6 is 0 Å². The maximum absolute atomic E-state index is 8.37. The van der Waals surface area contributed by atoms with Crippen LogP contribution < -0.4 is 5.73 Å². The lowest BCUT2D eigenvalue weighted by atomic mass is 10.2. The second-order valence-corrected chi connectivity index (χ2v) is 3.14. The van der Waals surface area contributed by atoms with Crippen molar-refractivity contribution in [3.05, 3.63) is 18.0 Å². The highest BCUT2D eigenvalue weighted by atomic mass is 16.4. The molecule has 0 spiro atoms. The first-order valence-corrected chi connectivity index (χ1v) is 4.10. The van der Waals surface area contributed by atoms with Crippen LogP contribution in [0.25, 0.3) is 0 Å². The third-order valence-electron chi connectivity index (χ3n) is 1.82. The molecule has 0 aromatic carbocycles. The lowest BCUT2D eigenvalue weighted by Gasteiger charge is -2.10. The summed E-state index contributed by atoms with van der Waals surface area (Å²) >= 11 is 0. The summed E-state index contributed by atoms with van der Waals surface area (Å²) in [4.78, 5) is 0. The van der Waals surface area contributed by atoms with Gasteiger partial charge in [-0.05, 0) is 19.4 Å². The van der Waals surface area contributed by atoms with Gasteiger partial charge in [-0.15, -0.1) is 0 Å². The Kier molecular flexibility index (Phi) is 2.89. The Morgan fingerprint density at radius 1 is 1.85 bits per heavy atom. The van der Waals surface area contributed by atoms with E-state index in [0.717, 1.165) is 5.56 Å². The normalized spacial score (nSPS) is 14.5. The van der Waals surface area contributed by atoms with Crippen molar-refractivity contribution in [1.82, 2.24) is 9.78 Å². The van der Waals surface area contributed by atoms with E-state index in [0.29, 0.717) is 6.42 Å². The maximum atomic E-state index is 8.37. The van der Waals surface area contributed by atoms with Gasteiger partial charge in [-0.25, -0.2) is 0 Å². The van der Waals surface area contributed by atoms with Crippen LogP contribution in [0.15, 0.2) is 17.5 Å². The topological polar surface area (TPSA) is 76.4 Å². The predicted molar refractivity (Wildman–Crippen MR) is 49.7 cm³/mol. The zero-order valence-corrected chi connectivity index (χ0v) is 7.81. The molecular weight excluding hydrogens is 168 g/mol. The molecule has 0 bridgehead atoms. The molecule has 1 rings (SSSR count). The van der Waals surface area contributed by atoms with Crippen molar-refractivity contribution in [3.63, 3.8) is 0 Å². The molecule has 72 valence electrons. The fraction of sp³-hybridized carbons (Fsp3) is 0.500. The van der Waals surface area contributed by atoms with Gasteiger partial charge in [0.15, 0.2) is 0 Å². The largest absolute Gasteiger partial charge is 0.409 e. The number of oxime groups is 1. The van der Waals surface area contributed by atoms with Gasteiger partial charge in [0.2, 0.25) is 0 Å². The van der Waals surface area contributed by atoms with Crippen molar-refractivity contribution in [2.45, 2.75) is 26.3 Å². The smallest absolute Gasteiger partial charge is 0.141 e. The Hall–Kier alpha value is -1.52. The summed E-state index contributed by atoms with van der Waals surface area (Å²) in [6.45, 7) is 3.93. The van der Waals surface area contributed by atoms with Crippen molar-refractivity contribution in [2.24, 2.45) is 10.9 Å². The summed E-state index contributed by atoms with van der Waals surface area (Å²) in [6, 6.07) is 0.115. The quantitative estimate of drug-likeness (QED) is 0.315. The first kappa shape index (κ1) is 9.57. The van der Waals surface area contributed by atoms with E-state index in [1.807, 2.05) is 20.0 Å². The molecule has 0 fully saturated rings. The van der Waals surface area contributed by atoms with Crippen LogP contribution in [0.1, 0.15) is 24.9 Å². The van der Waals surface area contributed by atoms with Gasteiger partial charge < -0.3 is 10.9 Å². The molecule has 5 heteroatoms. The molecule has 5 nitrogen and oxygen atoms in total. The zero-order chi connectivity index (χ0) is 9.84. The molecule has 0 aliphatic rings. The molecular formula is C8H14N4O. The van der Waals surface area contributed by atoms with Gasteiger partial charge in [0.1, 0.15) is 5.84 Å². The molecule has 1 heterocycles. The average Bonchev–Trinajstić information content (AvgIpc) is 2.51. The fourth-order valence-corrected chi connectivity index (χ4v) is 1.11. The highest BCUT2D eigenvalue weighted by Gasteiger charge is 2.07. The van der Waals surface area contributed by atoms with E-state index in [1.165, 1.54) is 0 Å². The molecule has 1 atom stereocenters. The van der Waals surface area contributed by atoms with Gasteiger partial charge in [-0.2, -0.15) is 5.10 Å². The molecule has 1 unspecified atom stereocenters. The minimum absolute atomic E-state index is 0.115. The molecule has 0 amide bonds. The van der Waals surface area contributed by atoms with Gasteiger partial charge in [0, 0.05) is 12.6 Å². The third-order valence-corrected chi connectivity index (χ3v) is 1.82. The fourth-order valence-electron chi connectivity index (χ4n) is 1.11. The highest BCUT2D eigenvalue weighted by Crippen LogP contribution is 2.09. The van der Waals surface area contributed by atoms with Gasteiger partial charge in [-0.1, -0.05) is 5.16 Å². The Labute approximate surface area is 76.8 Å². The summed E-state index contributed by atoms with van der Waals surface area (Å²) in [5.74, 6) is 0.223. The molecule has 0 radical (unpaired) electrons. The summed E-state index contributed by atoms with van der Waals surface area (Å²) in [6.07, 6.45) is 4.20. The monoisotopic (exact) mass is 182 g/mol. The molecule has 0 aliphatic heterocycles. The predicted octanol–water partition coefficient (Wildman–Crippen LogP) is 0.889. The minimum atomic E-state index is 0.115. The van der Waals surface area contributed by atoms with Crippen molar-refractivity contribution >= 4 is 5.84 Å². The van der Waals surface area contributed by atoms with Crippen LogP contribution in [0, 0.1) is 6.92 Å². The number of hydrogen-bond acceptors (Lipinski definition) is 3. The van der Waals surface area contributed by atoms with E-state index in [2.05, 4.69) is 10.3 Å². The number of nitrogens with two attached hydrogens (primary N) is 1. The Balaban J connectivity index is 2.63. The second-order valence-electron chi connectivity index (χ2n) is 3.14. The third kappa shape index (κ3) is 2.47. The first-order chi connectivity index (χ1) is 6.13. The number of rotatable bonds is 3. The second kappa shape index (κ2) is 3.93. The minimum Gasteiger partial charge on any atom is -0.409 e. The molecule has 1 aromatic rings. The molecule has 0 saturated heterocycles. The maximum Gasteiger partial charge on any atom is 0.141 e. The van der Waals surface area contributed by atoms with Gasteiger partial charge in [-0.3, -0.25) is 4.68 Å². The van der Waals surface area contributed by atoms with E-state index in [1.54, 1.807) is 10.9 Å². The van der Waals surface area contributed by atoms with Crippen LogP contribution in [0.4, 0.5) is 0 Å². The summed E-state index contributed by atoms with van der Waals surface area (Å²) in [5.41, 5.74) is 6.48. The van der Waals surface area contributed by atoms with Crippen molar-refractivity contribution in [1.29, 1.82) is 0 Å². The summed E-state index contributed by atoms with van der Waals surface area (Å²) in [5, 5.41) is 15.4. The molecule has 3 N–H and O–H groups in total. The molecule has 0 saturated carbocycles. The van der Waals surface area contributed by atoms with Crippen LogP contribution in [0.2, 0.25) is 0 Å². The average molecular weight is 182 g/mol. The van der Waals surface area contributed by atoms with E-state index in [4.69, 9.17) is 10.9 Å². The Morgan fingerprint density at radius 3 is 3.00 bits per heavy atom. The zero-order valence-electron chi connectivity index (χ0n) is 7.81. The number of aromatic nitrogens is 2. The lowest BCUT2D eigenvalue weighted by molar-refractivity contribution is 0.315. The van der Waals surface area contributed by atoms with Crippen LogP contribution in [0.3, 0.4) is 0 Å². The number of nitrogens with zero attached hydrogens (tertiary/aromatic N) is 3. The lowest BCUT2D eigenvalue weighted by Crippen LogP contribution is -2.18. The van der Waals surface area contributed by atoms with Crippen molar-refractivity contribution in [2.75, 3.05) is 0 Å².